The molecule has 1 aliphatic heterocycles. The molecular formula is C17H21N5O2S. The summed E-state index contributed by atoms with van der Waals surface area (Å²) in [6, 6.07) is 5.48. The average molecular weight is 359 g/mol. The lowest BCUT2D eigenvalue weighted by Crippen LogP contribution is -2.10. The Labute approximate surface area is 150 Å². The molecule has 1 amide bonds. The van der Waals surface area contributed by atoms with Crippen LogP contribution in [0.5, 0.6) is 0 Å². The zero-order valence-corrected chi connectivity index (χ0v) is 15.2. The molecule has 1 aromatic carbocycles. The van der Waals surface area contributed by atoms with Gasteiger partial charge in [0.2, 0.25) is 11.1 Å². The maximum atomic E-state index is 12.5. The van der Waals surface area contributed by atoms with Crippen LogP contribution in [0.25, 0.3) is 0 Å². The molecule has 1 N–H and O–H groups in total. The number of hydrogen-bond donors (Lipinski definition) is 1. The number of carbonyl (C=O) groups is 2. The molecule has 0 atom stereocenters. The van der Waals surface area contributed by atoms with E-state index in [9.17, 15) is 9.59 Å². The minimum absolute atomic E-state index is 0.0301. The number of Topliss-reactive ketones (excluding diaryl/α,β-unsaturated/α-hetero) is 1. The van der Waals surface area contributed by atoms with Crippen LogP contribution in [0.3, 0.4) is 0 Å². The number of aryl methyl sites for hydroxylation is 1. The van der Waals surface area contributed by atoms with Gasteiger partial charge in [-0.1, -0.05) is 25.6 Å². The summed E-state index contributed by atoms with van der Waals surface area (Å²) in [6.07, 6.45) is 2.12. The molecule has 0 unspecified atom stereocenters. The van der Waals surface area contributed by atoms with E-state index in [1.807, 2.05) is 12.1 Å². The van der Waals surface area contributed by atoms with Crippen LogP contribution < -0.4 is 5.32 Å². The number of fused-ring (bicyclic) bond motifs is 1. The molecule has 0 saturated carbocycles. The third-order valence-corrected chi connectivity index (χ3v) is 4.88. The molecule has 3 rings (SSSR count). The van der Waals surface area contributed by atoms with Crippen LogP contribution >= 0.6 is 11.8 Å². The van der Waals surface area contributed by atoms with Crippen LogP contribution in [-0.4, -0.2) is 37.7 Å². The number of rotatable bonds is 6. The van der Waals surface area contributed by atoms with Gasteiger partial charge >= 0.3 is 0 Å². The molecule has 0 spiro atoms. The molecule has 0 aliphatic carbocycles. The standard InChI is InChI=1S/C17H21N5O2S/c1-11(2)9-22-17(19-20-21-22)25-10-15(23)13-6-7-14-12(8-13)4-3-5-16(24)18-14/h6-8,11H,3-5,9-10H2,1-2H3,(H,18,24). The highest BCUT2D eigenvalue weighted by molar-refractivity contribution is 7.99. The third-order valence-electron chi connectivity index (χ3n) is 3.92. The number of tetrazole rings is 1. The van der Waals surface area contributed by atoms with E-state index in [4.69, 9.17) is 0 Å². The molecule has 1 aromatic heterocycles. The molecular weight excluding hydrogens is 338 g/mol. The van der Waals surface area contributed by atoms with Crippen LogP contribution in [0, 0.1) is 5.92 Å². The van der Waals surface area contributed by atoms with Gasteiger partial charge in [0, 0.05) is 24.2 Å². The van der Waals surface area contributed by atoms with Crippen molar-refractivity contribution in [2.45, 2.75) is 44.8 Å². The van der Waals surface area contributed by atoms with Crippen LogP contribution in [0.4, 0.5) is 5.69 Å². The van der Waals surface area contributed by atoms with E-state index in [0.717, 1.165) is 30.6 Å². The van der Waals surface area contributed by atoms with Crippen LogP contribution in [0.1, 0.15) is 42.6 Å². The second kappa shape index (κ2) is 7.77. The van der Waals surface area contributed by atoms with Crippen molar-refractivity contribution in [2.24, 2.45) is 5.92 Å². The Bertz CT molecular complexity index is 787. The number of anilines is 1. The predicted molar refractivity (Wildman–Crippen MR) is 95.7 cm³/mol. The van der Waals surface area contributed by atoms with E-state index in [1.54, 1.807) is 10.7 Å². The minimum Gasteiger partial charge on any atom is -0.326 e. The van der Waals surface area contributed by atoms with Gasteiger partial charge in [-0.05, 0) is 52.9 Å². The third kappa shape index (κ3) is 4.45. The summed E-state index contributed by atoms with van der Waals surface area (Å²) in [6.45, 7) is 4.91. The predicted octanol–water partition coefficient (Wildman–Crippen LogP) is 2.58. The molecule has 2 aromatic rings. The number of nitrogens with zero attached hydrogens (tertiary/aromatic N) is 4. The Morgan fingerprint density at radius 2 is 2.20 bits per heavy atom. The van der Waals surface area contributed by atoms with Crippen molar-refractivity contribution >= 4 is 29.1 Å². The summed E-state index contributed by atoms with van der Waals surface area (Å²) in [4.78, 5) is 24.1. The summed E-state index contributed by atoms with van der Waals surface area (Å²) in [5.41, 5.74) is 2.49. The number of nitrogens with one attached hydrogen (secondary N) is 1. The number of hydrogen-bond acceptors (Lipinski definition) is 6. The highest BCUT2D eigenvalue weighted by atomic mass is 32.2. The van der Waals surface area contributed by atoms with Crippen molar-refractivity contribution in [1.29, 1.82) is 0 Å². The topological polar surface area (TPSA) is 89.8 Å². The molecule has 132 valence electrons. The van der Waals surface area contributed by atoms with E-state index in [1.165, 1.54) is 11.8 Å². The lowest BCUT2D eigenvalue weighted by Gasteiger charge is -2.09. The molecule has 0 saturated heterocycles. The van der Waals surface area contributed by atoms with Crippen molar-refractivity contribution in [3.8, 4) is 0 Å². The highest BCUT2D eigenvalue weighted by Crippen LogP contribution is 2.24. The van der Waals surface area contributed by atoms with Crippen molar-refractivity contribution in [1.82, 2.24) is 20.2 Å². The van der Waals surface area contributed by atoms with Crippen molar-refractivity contribution < 1.29 is 9.59 Å². The van der Waals surface area contributed by atoms with Gasteiger partial charge < -0.3 is 5.32 Å². The van der Waals surface area contributed by atoms with Crippen molar-refractivity contribution in [3.63, 3.8) is 0 Å². The fraction of sp³-hybridized carbons (Fsp3) is 0.471. The first kappa shape index (κ1) is 17.6. The molecule has 25 heavy (non-hydrogen) atoms. The van der Waals surface area contributed by atoms with Gasteiger partial charge in [0.25, 0.3) is 0 Å². The van der Waals surface area contributed by atoms with Gasteiger partial charge in [0.1, 0.15) is 0 Å². The van der Waals surface area contributed by atoms with Crippen molar-refractivity contribution in [2.75, 3.05) is 11.1 Å². The molecule has 2 heterocycles. The van der Waals surface area contributed by atoms with E-state index in [0.29, 0.717) is 23.1 Å². The summed E-state index contributed by atoms with van der Waals surface area (Å²) < 4.78 is 1.73. The molecule has 7 nitrogen and oxygen atoms in total. The number of aromatic nitrogens is 4. The SMILES string of the molecule is CC(C)Cn1nnnc1SCC(=O)c1ccc2c(c1)CCCC(=O)N2. The fourth-order valence-corrected chi connectivity index (χ4v) is 3.50. The number of thioether (sulfide) groups is 1. The van der Waals surface area contributed by atoms with E-state index >= 15 is 0 Å². The number of ketones is 1. The minimum atomic E-state index is 0.0301. The second-order valence-electron chi connectivity index (χ2n) is 6.52. The van der Waals surface area contributed by atoms with Crippen LogP contribution in [-0.2, 0) is 17.8 Å². The van der Waals surface area contributed by atoms with Gasteiger partial charge in [-0.15, -0.1) is 5.10 Å². The Morgan fingerprint density at radius 3 is 3.00 bits per heavy atom. The summed E-state index contributed by atoms with van der Waals surface area (Å²) in [5.74, 6) is 0.773. The first-order chi connectivity index (χ1) is 12.0. The summed E-state index contributed by atoms with van der Waals surface area (Å²) in [7, 11) is 0. The molecule has 0 fully saturated rings. The van der Waals surface area contributed by atoms with Gasteiger partial charge in [-0.2, -0.15) is 0 Å². The average Bonchev–Trinajstić information content (AvgIpc) is 2.90. The van der Waals surface area contributed by atoms with Crippen molar-refractivity contribution in [3.05, 3.63) is 29.3 Å². The van der Waals surface area contributed by atoms with E-state index in [2.05, 4.69) is 34.7 Å². The zero-order chi connectivity index (χ0) is 17.8. The number of benzene rings is 1. The lowest BCUT2D eigenvalue weighted by atomic mass is 10.0. The highest BCUT2D eigenvalue weighted by Gasteiger charge is 2.16. The maximum absolute atomic E-state index is 12.5. The number of amides is 1. The molecule has 1 aliphatic rings. The monoisotopic (exact) mass is 359 g/mol. The Morgan fingerprint density at radius 1 is 1.36 bits per heavy atom. The fourth-order valence-electron chi connectivity index (χ4n) is 2.72. The second-order valence-corrected chi connectivity index (χ2v) is 7.47. The summed E-state index contributed by atoms with van der Waals surface area (Å²) in [5, 5.41) is 15.2. The van der Waals surface area contributed by atoms with E-state index < -0.39 is 0 Å². The Kier molecular flexibility index (Phi) is 5.47. The lowest BCUT2D eigenvalue weighted by molar-refractivity contribution is -0.116. The summed E-state index contributed by atoms with van der Waals surface area (Å²) >= 11 is 1.35. The zero-order valence-electron chi connectivity index (χ0n) is 14.4. The van der Waals surface area contributed by atoms with Gasteiger partial charge in [0.05, 0.1) is 5.75 Å². The van der Waals surface area contributed by atoms with Crippen LogP contribution in [0.15, 0.2) is 23.4 Å². The van der Waals surface area contributed by atoms with E-state index in [-0.39, 0.29) is 17.4 Å². The normalized spacial score (nSPS) is 14.1. The van der Waals surface area contributed by atoms with Crippen LogP contribution in [0.2, 0.25) is 0 Å². The Hall–Kier alpha value is -2.22. The Balaban J connectivity index is 1.67. The van der Waals surface area contributed by atoms with Gasteiger partial charge in [-0.25, -0.2) is 4.68 Å². The molecule has 0 radical (unpaired) electrons. The molecule has 8 heteroatoms. The van der Waals surface area contributed by atoms with Gasteiger partial charge in [-0.3, -0.25) is 9.59 Å². The largest absolute Gasteiger partial charge is 0.326 e. The smallest absolute Gasteiger partial charge is 0.224 e. The maximum Gasteiger partial charge on any atom is 0.224 e. The first-order valence-corrected chi connectivity index (χ1v) is 9.36. The molecule has 0 bridgehead atoms. The van der Waals surface area contributed by atoms with Gasteiger partial charge in [0.15, 0.2) is 5.78 Å². The number of carbonyl (C=O) groups excluding carboxylic acids is 2. The first-order valence-electron chi connectivity index (χ1n) is 8.38. The quantitative estimate of drug-likeness (QED) is 0.630.